The van der Waals surface area contributed by atoms with Gasteiger partial charge in [-0.2, -0.15) is 0 Å². The number of rotatable bonds is 4. The van der Waals surface area contributed by atoms with E-state index in [1.165, 1.54) is 11.9 Å². The molecule has 1 aliphatic heterocycles. The average Bonchev–Trinajstić information content (AvgIpc) is 3.19. The second kappa shape index (κ2) is 6.55. The summed E-state index contributed by atoms with van der Waals surface area (Å²) < 4.78 is 0. The van der Waals surface area contributed by atoms with Gasteiger partial charge in [-0.1, -0.05) is 17.7 Å². The molecule has 0 amide bonds. The molecule has 3 aromatic rings. The van der Waals surface area contributed by atoms with Crippen LogP contribution >= 0.6 is 11.8 Å². The molecular weight excluding hydrogens is 350 g/mol. The number of aromatic nitrogens is 3. The van der Waals surface area contributed by atoms with Gasteiger partial charge < -0.3 is 26.2 Å². The van der Waals surface area contributed by atoms with Crippen LogP contribution in [-0.4, -0.2) is 49.6 Å². The molecule has 1 aliphatic rings. The van der Waals surface area contributed by atoms with Crippen LogP contribution in [0.2, 0.25) is 0 Å². The second-order valence-corrected chi connectivity index (χ2v) is 7.76. The Kier molecular flexibility index (Phi) is 4.36. The average molecular weight is 371 g/mol. The largest absolute Gasteiger partial charge is 0.388 e. The number of thioether (sulfide) groups is 1. The molecule has 6 N–H and O–H groups in total. The predicted octanol–water partition coefficient (Wildman–Crippen LogP) is 1.16. The van der Waals surface area contributed by atoms with E-state index in [0.717, 1.165) is 4.90 Å². The van der Waals surface area contributed by atoms with Gasteiger partial charge >= 0.3 is 0 Å². The summed E-state index contributed by atoms with van der Waals surface area (Å²) in [4.78, 5) is 12.3. The number of nitrogens with two attached hydrogens (primary N) is 1. The number of anilines is 1. The van der Waals surface area contributed by atoms with Crippen molar-refractivity contribution in [2.75, 3.05) is 18.0 Å². The molecule has 7 nitrogen and oxygen atoms in total. The van der Waals surface area contributed by atoms with Gasteiger partial charge in [-0.25, -0.2) is 9.97 Å². The van der Waals surface area contributed by atoms with Gasteiger partial charge in [0.25, 0.3) is 0 Å². The van der Waals surface area contributed by atoms with Crippen molar-refractivity contribution in [3.63, 3.8) is 0 Å². The molecule has 0 saturated carbocycles. The summed E-state index contributed by atoms with van der Waals surface area (Å²) in [6, 6.07) is 8.01. The third-order valence-corrected chi connectivity index (χ3v) is 6.04. The lowest BCUT2D eigenvalue weighted by Crippen LogP contribution is -2.42. The highest BCUT2D eigenvalue weighted by Crippen LogP contribution is 2.37. The molecule has 26 heavy (non-hydrogen) atoms. The molecule has 0 spiro atoms. The number of aromatic amines is 1. The predicted molar refractivity (Wildman–Crippen MR) is 102 cm³/mol. The fourth-order valence-electron chi connectivity index (χ4n) is 3.35. The molecule has 136 valence electrons. The van der Waals surface area contributed by atoms with E-state index in [-0.39, 0.29) is 12.6 Å². The zero-order chi connectivity index (χ0) is 18.3. The van der Waals surface area contributed by atoms with Crippen molar-refractivity contribution >= 4 is 28.6 Å². The minimum atomic E-state index is -1.43. The van der Waals surface area contributed by atoms with Crippen molar-refractivity contribution in [1.29, 1.82) is 0 Å². The molecule has 8 heteroatoms. The van der Waals surface area contributed by atoms with E-state index in [4.69, 9.17) is 5.73 Å². The Morgan fingerprint density at radius 3 is 2.85 bits per heavy atom. The second-order valence-electron chi connectivity index (χ2n) is 6.67. The minimum Gasteiger partial charge on any atom is -0.388 e. The normalized spacial score (nSPS) is 25.8. The van der Waals surface area contributed by atoms with Gasteiger partial charge in [0.2, 0.25) is 0 Å². The lowest BCUT2D eigenvalue weighted by Gasteiger charge is -2.27. The molecule has 2 unspecified atom stereocenters. The highest BCUT2D eigenvalue weighted by atomic mass is 32.2. The van der Waals surface area contributed by atoms with Crippen LogP contribution in [0.1, 0.15) is 11.1 Å². The zero-order valence-electron chi connectivity index (χ0n) is 14.3. The van der Waals surface area contributed by atoms with Crippen molar-refractivity contribution in [2.24, 2.45) is 0 Å². The van der Waals surface area contributed by atoms with Crippen LogP contribution in [0.4, 0.5) is 5.82 Å². The van der Waals surface area contributed by atoms with Gasteiger partial charge in [-0.15, -0.1) is 11.8 Å². The molecule has 1 aromatic carbocycles. The Morgan fingerprint density at radius 1 is 1.31 bits per heavy atom. The van der Waals surface area contributed by atoms with E-state index in [0.29, 0.717) is 28.2 Å². The maximum Gasteiger partial charge on any atom is 0.151 e. The van der Waals surface area contributed by atoms with E-state index in [1.807, 2.05) is 6.92 Å². The number of hydrogen-bond donors (Lipinski definition) is 5. The topological polar surface area (TPSA) is 120 Å². The lowest BCUT2D eigenvalue weighted by molar-refractivity contribution is -0.0513. The van der Waals surface area contributed by atoms with Crippen LogP contribution in [0.5, 0.6) is 0 Å². The van der Waals surface area contributed by atoms with E-state index in [9.17, 15) is 10.2 Å². The smallest absolute Gasteiger partial charge is 0.151 e. The molecule has 0 aliphatic carbocycles. The maximum atomic E-state index is 11.2. The number of aliphatic hydroxyl groups excluding tert-OH is 1. The lowest BCUT2D eigenvalue weighted by atomic mass is 9.90. The van der Waals surface area contributed by atoms with Gasteiger partial charge in [0.1, 0.15) is 23.5 Å². The van der Waals surface area contributed by atoms with Gasteiger partial charge in [0, 0.05) is 35.0 Å². The number of nitrogens with one attached hydrogen (secondary N) is 2. The molecule has 3 heterocycles. The molecule has 1 fully saturated rings. The first-order chi connectivity index (χ1) is 12.5. The standard InChI is InChI=1S/C18H21N5O2S/c1-10-2-4-11(5-3-10)26-7-13-16(24)18(25,8-21-13)12-6-20-15-14(12)22-9-23-17(15)19/h2-6,9,13,16,20-21,24-25H,7-8H2,1H3,(H2,19,22,23)/t13-,16?,18?/m1/s1. The summed E-state index contributed by atoms with van der Waals surface area (Å²) in [5.74, 6) is 0.961. The van der Waals surface area contributed by atoms with Crippen LogP contribution in [0, 0.1) is 6.92 Å². The number of benzene rings is 1. The SMILES string of the molecule is Cc1ccc(SC[C@H]2NCC(O)(c3c[nH]c4c(N)ncnc34)C2O)cc1. The van der Waals surface area contributed by atoms with Crippen LogP contribution in [0.15, 0.2) is 41.7 Å². The van der Waals surface area contributed by atoms with Crippen LogP contribution in [0.25, 0.3) is 11.0 Å². The monoisotopic (exact) mass is 371 g/mol. The molecule has 1 saturated heterocycles. The van der Waals surface area contributed by atoms with Crippen molar-refractivity contribution in [3.05, 3.63) is 47.9 Å². The Balaban J connectivity index is 1.54. The van der Waals surface area contributed by atoms with Crippen molar-refractivity contribution in [1.82, 2.24) is 20.3 Å². The number of hydrogen-bond acceptors (Lipinski definition) is 7. The van der Waals surface area contributed by atoms with Crippen molar-refractivity contribution in [3.8, 4) is 0 Å². The van der Waals surface area contributed by atoms with Crippen LogP contribution in [-0.2, 0) is 5.60 Å². The number of fused-ring (bicyclic) bond motifs is 1. The summed E-state index contributed by atoms with van der Waals surface area (Å²) in [6.45, 7) is 2.29. The van der Waals surface area contributed by atoms with Crippen molar-refractivity contribution < 1.29 is 10.2 Å². The number of aliphatic hydroxyl groups is 2. The van der Waals surface area contributed by atoms with Crippen molar-refractivity contribution in [2.45, 2.75) is 29.6 Å². The Bertz CT molecular complexity index is 929. The number of nitrogens with zero attached hydrogens (tertiary/aromatic N) is 2. The number of H-pyrrole nitrogens is 1. The molecular formula is C18H21N5O2S. The van der Waals surface area contributed by atoms with Crippen LogP contribution < -0.4 is 11.1 Å². The quantitative estimate of drug-likeness (QED) is 0.437. The maximum absolute atomic E-state index is 11.2. The molecule has 2 aromatic heterocycles. The summed E-state index contributed by atoms with van der Waals surface area (Å²) >= 11 is 1.65. The number of nitrogen functional groups attached to an aromatic ring is 1. The number of aryl methyl sites for hydroxylation is 1. The Labute approximate surface area is 155 Å². The van der Waals surface area contributed by atoms with Gasteiger partial charge in [-0.3, -0.25) is 0 Å². The summed E-state index contributed by atoms with van der Waals surface area (Å²) in [6.07, 6.45) is 2.05. The van der Waals surface area contributed by atoms with E-state index < -0.39 is 11.7 Å². The first-order valence-electron chi connectivity index (χ1n) is 8.40. The molecule has 4 rings (SSSR count). The summed E-state index contributed by atoms with van der Waals surface area (Å²) in [5.41, 5.74) is 7.27. The molecule has 0 radical (unpaired) electrons. The van der Waals surface area contributed by atoms with E-state index in [1.54, 1.807) is 18.0 Å². The number of β-amino-alcohol motifs (C(OH)–C–C–N with tert-alkyl or cyclic N) is 1. The Hall–Kier alpha value is -2.13. The molecule has 3 atom stereocenters. The first-order valence-corrected chi connectivity index (χ1v) is 9.39. The minimum absolute atomic E-state index is 0.240. The van der Waals surface area contributed by atoms with Crippen LogP contribution in [0.3, 0.4) is 0 Å². The van der Waals surface area contributed by atoms with E-state index in [2.05, 4.69) is 44.5 Å². The van der Waals surface area contributed by atoms with Gasteiger partial charge in [0.05, 0.1) is 5.52 Å². The third-order valence-electron chi connectivity index (χ3n) is 4.91. The zero-order valence-corrected chi connectivity index (χ0v) is 15.1. The summed E-state index contributed by atoms with van der Waals surface area (Å²) in [5, 5.41) is 25.2. The summed E-state index contributed by atoms with van der Waals surface area (Å²) in [7, 11) is 0. The van der Waals surface area contributed by atoms with Gasteiger partial charge in [0.15, 0.2) is 5.82 Å². The first kappa shape index (κ1) is 17.3. The fraction of sp³-hybridized carbons (Fsp3) is 0.333. The van der Waals surface area contributed by atoms with E-state index >= 15 is 0 Å². The fourth-order valence-corrected chi connectivity index (χ4v) is 4.35. The molecule has 0 bridgehead atoms. The highest BCUT2D eigenvalue weighted by Gasteiger charge is 2.49. The Morgan fingerprint density at radius 2 is 2.08 bits per heavy atom. The third kappa shape index (κ3) is 2.84. The highest BCUT2D eigenvalue weighted by molar-refractivity contribution is 7.99. The van der Waals surface area contributed by atoms with Gasteiger partial charge in [-0.05, 0) is 19.1 Å².